The van der Waals surface area contributed by atoms with Crippen LogP contribution in [0, 0.1) is 5.82 Å². The molecule has 16 heavy (non-hydrogen) atoms. The molecule has 86 valence electrons. The molecule has 1 saturated heterocycles. The van der Waals surface area contributed by atoms with Gasteiger partial charge in [0.15, 0.2) is 0 Å². The molecular formula is C12H15FN2O. The molecule has 0 saturated carbocycles. The summed E-state index contributed by atoms with van der Waals surface area (Å²) in [5, 5.41) is 0. The van der Waals surface area contributed by atoms with Crippen LogP contribution in [0.25, 0.3) is 0 Å². The number of benzene rings is 1. The molecule has 2 rings (SSSR count). The monoisotopic (exact) mass is 222 g/mol. The maximum Gasteiger partial charge on any atom is 0.224 e. The molecule has 0 radical (unpaired) electrons. The number of nitrogens with zero attached hydrogens (tertiary/aromatic N) is 1. The fraction of sp³-hybridized carbons (Fsp3) is 0.417. The Morgan fingerprint density at radius 2 is 2.19 bits per heavy atom. The van der Waals surface area contributed by atoms with Crippen molar-refractivity contribution in [2.24, 2.45) is 5.73 Å². The number of likely N-dealkylation sites (N-methyl/N-ethyl adjacent to an activating group) is 1. The Balaban J connectivity index is 2.39. The number of rotatable bonds is 2. The number of carbonyl (C=O) groups is 1. The van der Waals surface area contributed by atoms with Gasteiger partial charge in [-0.1, -0.05) is 18.2 Å². The summed E-state index contributed by atoms with van der Waals surface area (Å²) in [4.78, 5) is 13.3. The van der Waals surface area contributed by atoms with Crippen molar-refractivity contribution in [3.8, 4) is 0 Å². The first kappa shape index (κ1) is 11.1. The molecule has 0 spiro atoms. The van der Waals surface area contributed by atoms with Gasteiger partial charge in [-0.05, 0) is 13.0 Å². The molecule has 0 aliphatic carbocycles. The smallest absolute Gasteiger partial charge is 0.224 e. The van der Waals surface area contributed by atoms with Crippen LogP contribution in [0.1, 0.15) is 24.9 Å². The summed E-state index contributed by atoms with van der Waals surface area (Å²) in [7, 11) is 0. The molecule has 3 nitrogen and oxygen atoms in total. The summed E-state index contributed by atoms with van der Waals surface area (Å²) in [5.74, 6) is -0.292. The van der Waals surface area contributed by atoms with E-state index in [0.717, 1.165) is 0 Å². The SMILES string of the molecule is CCN1C(=O)CC(N)C1c1ccccc1F. The number of amides is 1. The summed E-state index contributed by atoms with van der Waals surface area (Å²) < 4.78 is 13.7. The molecule has 1 aromatic carbocycles. The number of hydrogen-bond donors (Lipinski definition) is 1. The molecule has 1 fully saturated rings. The lowest BCUT2D eigenvalue weighted by Gasteiger charge is -2.26. The lowest BCUT2D eigenvalue weighted by atomic mass is 10.0. The Labute approximate surface area is 94.0 Å². The van der Waals surface area contributed by atoms with Crippen molar-refractivity contribution < 1.29 is 9.18 Å². The third kappa shape index (κ3) is 1.69. The predicted octanol–water partition coefficient (Wildman–Crippen LogP) is 1.45. The Bertz CT molecular complexity index is 408. The van der Waals surface area contributed by atoms with Crippen LogP contribution in [0.5, 0.6) is 0 Å². The molecule has 0 bridgehead atoms. The molecule has 4 heteroatoms. The zero-order chi connectivity index (χ0) is 11.7. The Morgan fingerprint density at radius 3 is 2.81 bits per heavy atom. The maximum atomic E-state index is 13.7. The van der Waals surface area contributed by atoms with Crippen LogP contribution in [0.15, 0.2) is 24.3 Å². The summed E-state index contributed by atoms with van der Waals surface area (Å²) in [6, 6.07) is 5.86. The molecular weight excluding hydrogens is 207 g/mol. The minimum absolute atomic E-state index is 0.00301. The van der Waals surface area contributed by atoms with Crippen molar-refractivity contribution >= 4 is 5.91 Å². The Kier molecular flexibility index (Phi) is 2.92. The van der Waals surface area contributed by atoms with Crippen LogP contribution in [0.2, 0.25) is 0 Å². The van der Waals surface area contributed by atoms with Gasteiger partial charge in [0.2, 0.25) is 5.91 Å². The van der Waals surface area contributed by atoms with E-state index in [9.17, 15) is 9.18 Å². The fourth-order valence-corrected chi connectivity index (χ4v) is 2.30. The van der Waals surface area contributed by atoms with Crippen molar-refractivity contribution in [1.82, 2.24) is 4.90 Å². The number of carbonyl (C=O) groups excluding carboxylic acids is 1. The minimum atomic E-state index is -0.321. The number of halogens is 1. The summed E-state index contributed by atoms with van der Waals surface area (Å²) in [6.45, 7) is 2.44. The van der Waals surface area contributed by atoms with Gasteiger partial charge >= 0.3 is 0 Å². The first-order valence-electron chi connectivity index (χ1n) is 5.44. The fourth-order valence-electron chi connectivity index (χ4n) is 2.30. The van der Waals surface area contributed by atoms with Gasteiger partial charge < -0.3 is 10.6 Å². The summed E-state index contributed by atoms with van der Waals surface area (Å²) in [5.41, 5.74) is 6.42. The van der Waals surface area contributed by atoms with E-state index in [1.54, 1.807) is 23.1 Å². The molecule has 2 atom stereocenters. The average Bonchev–Trinajstić information content (AvgIpc) is 2.54. The second-order valence-corrected chi connectivity index (χ2v) is 4.01. The molecule has 0 aromatic heterocycles. The van der Waals surface area contributed by atoms with Crippen molar-refractivity contribution in [2.45, 2.75) is 25.4 Å². The van der Waals surface area contributed by atoms with Crippen LogP contribution in [0.4, 0.5) is 4.39 Å². The molecule has 1 aliphatic heterocycles. The van der Waals surface area contributed by atoms with Gasteiger partial charge in [-0.15, -0.1) is 0 Å². The van der Waals surface area contributed by atoms with Crippen molar-refractivity contribution in [2.75, 3.05) is 6.54 Å². The predicted molar refractivity (Wildman–Crippen MR) is 59.1 cm³/mol. The molecule has 2 unspecified atom stereocenters. The third-order valence-corrected chi connectivity index (χ3v) is 3.04. The Morgan fingerprint density at radius 1 is 1.50 bits per heavy atom. The summed E-state index contributed by atoms with van der Waals surface area (Å²) in [6.07, 6.45) is 0.298. The third-order valence-electron chi connectivity index (χ3n) is 3.04. The van der Waals surface area contributed by atoms with Crippen LogP contribution < -0.4 is 5.73 Å². The van der Waals surface area contributed by atoms with Crippen LogP contribution >= 0.6 is 0 Å². The van der Waals surface area contributed by atoms with Gasteiger partial charge in [0.25, 0.3) is 0 Å². The maximum absolute atomic E-state index is 13.7. The van der Waals surface area contributed by atoms with E-state index >= 15 is 0 Å². The van der Waals surface area contributed by atoms with E-state index in [0.29, 0.717) is 18.5 Å². The van der Waals surface area contributed by atoms with Crippen LogP contribution in [-0.4, -0.2) is 23.4 Å². The second kappa shape index (κ2) is 4.22. The average molecular weight is 222 g/mol. The van der Waals surface area contributed by atoms with Gasteiger partial charge in [-0.2, -0.15) is 0 Å². The van der Waals surface area contributed by atoms with Crippen molar-refractivity contribution in [3.05, 3.63) is 35.6 Å². The van der Waals surface area contributed by atoms with E-state index in [4.69, 9.17) is 5.73 Å². The lowest BCUT2D eigenvalue weighted by Crippen LogP contribution is -2.33. The van der Waals surface area contributed by atoms with Crippen LogP contribution in [-0.2, 0) is 4.79 Å². The highest BCUT2D eigenvalue weighted by Crippen LogP contribution is 2.32. The van der Waals surface area contributed by atoms with Gasteiger partial charge in [-0.25, -0.2) is 4.39 Å². The van der Waals surface area contributed by atoms with Crippen molar-refractivity contribution in [3.63, 3.8) is 0 Å². The topological polar surface area (TPSA) is 46.3 Å². The van der Waals surface area contributed by atoms with Crippen LogP contribution in [0.3, 0.4) is 0 Å². The number of hydrogen-bond acceptors (Lipinski definition) is 2. The number of nitrogens with two attached hydrogens (primary N) is 1. The van der Waals surface area contributed by atoms with Crippen molar-refractivity contribution in [1.29, 1.82) is 0 Å². The molecule has 1 aromatic rings. The second-order valence-electron chi connectivity index (χ2n) is 4.01. The van der Waals surface area contributed by atoms with E-state index in [2.05, 4.69) is 0 Å². The zero-order valence-electron chi connectivity index (χ0n) is 9.19. The largest absolute Gasteiger partial charge is 0.334 e. The molecule has 1 amide bonds. The van der Waals surface area contributed by atoms with E-state index in [1.165, 1.54) is 6.07 Å². The highest BCUT2D eigenvalue weighted by molar-refractivity contribution is 5.80. The lowest BCUT2D eigenvalue weighted by molar-refractivity contribution is -0.128. The van der Waals surface area contributed by atoms with Gasteiger partial charge in [0.1, 0.15) is 5.82 Å². The standard InChI is InChI=1S/C12H15FN2O/c1-2-15-11(16)7-10(14)12(15)8-5-3-4-6-9(8)13/h3-6,10,12H,2,7,14H2,1H3. The minimum Gasteiger partial charge on any atom is -0.334 e. The highest BCUT2D eigenvalue weighted by Gasteiger charge is 2.38. The van der Waals surface area contributed by atoms with E-state index in [1.807, 2.05) is 6.92 Å². The molecule has 1 aliphatic rings. The first-order chi connectivity index (χ1) is 7.65. The van der Waals surface area contributed by atoms with Gasteiger partial charge in [0, 0.05) is 24.6 Å². The first-order valence-corrected chi connectivity index (χ1v) is 5.44. The van der Waals surface area contributed by atoms with E-state index in [-0.39, 0.29) is 23.8 Å². The highest BCUT2D eigenvalue weighted by atomic mass is 19.1. The Hall–Kier alpha value is -1.42. The molecule has 1 heterocycles. The van der Waals surface area contributed by atoms with Gasteiger partial charge in [-0.3, -0.25) is 4.79 Å². The quantitative estimate of drug-likeness (QED) is 0.823. The zero-order valence-corrected chi connectivity index (χ0v) is 9.19. The summed E-state index contributed by atoms with van der Waals surface area (Å²) >= 11 is 0. The normalized spacial score (nSPS) is 25.2. The number of likely N-dealkylation sites (tertiary alicyclic amines) is 1. The van der Waals surface area contributed by atoms with E-state index < -0.39 is 0 Å². The molecule has 2 N–H and O–H groups in total. The van der Waals surface area contributed by atoms with Gasteiger partial charge in [0.05, 0.1) is 6.04 Å².